The summed E-state index contributed by atoms with van der Waals surface area (Å²) in [6.07, 6.45) is 0.984. The summed E-state index contributed by atoms with van der Waals surface area (Å²) in [7, 11) is 0. The molecule has 0 unspecified atom stereocenters. The molecule has 0 atom stereocenters. The van der Waals surface area contributed by atoms with Crippen molar-refractivity contribution in [1.29, 1.82) is 0 Å². The first-order valence-corrected chi connectivity index (χ1v) is 3.88. The number of nitrogens with zero attached hydrogens (tertiary/aromatic N) is 3. The number of rotatable bonds is 4. The van der Waals surface area contributed by atoms with Crippen LogP contribution in [0.5, 0.6) is 0 Å². The number of hydrazine groups is 1. The lowest BCUT2D eigenvalue weighted by atomic mass is 10.3. The summed E-state index contributed by atoms with van der Waals surface area (Å²) in [5, 5.41) is 15.5. The zero-order valence-corrected chi connectivity index (χ0v) is 7.30. The van der Waals surface area contributed by atoms with Crippen LogP contribution in [0.1, 0.15) is 13.3 Å². The molecular formula is C6H11N3O4. The highest BCUT2D eigenvalue weighted by Crippen LogP contribution is 2.05. The third-order valence-corrected chi connectivity index (χ3v) is 1.52. The van der Waals surface area contributed by atoms with E-state index in [2.05, 4.69) is 14.9 Å². The molecule has 0 N–H and O–H groups in total. The summed E-state index contributed by atoms with van der Waals surface area (Å²) in [4.78, 5) is 15.0. The maximum Gasteiger partial charge on any atom is 0.305 e. The van der Waals surface area contributed by atoms with Gasteiger partial charge in [-0.25, -0.2) is 0 Å². The van der Waals surface area contributed by atoms with Crippen LogP contribution in [0.4, 0.5) is 0 Å². The number of carbonyl (C=O) groups excluding carboxylic acids is 1. The standard InChI is InChI=1S/C6H11N3O4/c1-6(10)12-5-13-7-9(11)8-3-2-4-8/h2-5H2,1H3/b9-7+. The number of esters is 1. The molecule has 1 saturated heterocycles. The van der Waals surface area contributed by atoms with Gasteiger partial charge in [-0.15, -0.1) is 5.01 Å². The van der Waals surface area contributed by atoms with Crippen LogP contribution in [0.15, 0.2) is 5.28 Å². The first-order valence-electron chi connectivity index (χ1n) is 3.88. The Morgan fingerprint density at radius 1 is 1.69 bits per heavy atom. The third-order valence-electron chi connectivity index (χ3n) is 1.52. The summed E-state index contributed by atoms with van der Waals surface area (Å²) >= 11 is 0. The lowest BCUT2D eigenvalue weighted by Crippen LogP contribution is -2.42. The molecule has 0 amide bonds. The Bertz CT molecular complexity index is 214. The normalized spacial score (nSPS) is 16.4. The van der Waals surface area contributed by atoms with Gasteiger partial charge < -0.3 is 14.8 Å². The highest BCUT2D eigenvalue weighted by molar-refractivity contribution is 5.65. The van der Waals surface area contributed by atoms with Crippen LogP contribution < -0.4 is 0 Å². The predicted molar refractivity (Wildman–Crippen MR) is 40.0 cm³/mol. The van der Waals surface area contributed by atoms with Crippen molar-refractivity contribution in [2.24, 2.45) is 5.28 Å². The zero-order chi connectivity index (χ0) is 9.68. The Morgan fingerprint density at radius 3 is 2.85 bits per heavy atom. The fraction of sp³-hybridized carbons (Fsp3) is 0.833. The van der Waals surface area contributed by atoms with Gasteiger partial charge in [0.1, 0.15) is 0 Å². The quantitative estimate of drug-likeness (QED) is 0.155. The Kier molecular flexibility index (Phi) is 3.30. The van der Waals surface area contributed by atoms with Gasteiger partial charge in [0.25, 0.3) is 6.79 Å². The summed E-state index contributed by atoms with van der Waals surface area (Å²) in [6, 6.07) is 0. The first-order chi connectivity index (χ1) is 6.20. The van der Waals surface area contributed by atoms with Gasteiger partial charge in [-0.1, -0.05) is 0 Å². The largest absolute Gasteiger partial charge is 0.569 e. The molecule has 13 heavy (non-hydrogen) atoms. The van der Waals surface area contributed by atoms with E-state index in [-0.39, 0.29) is 6.79 Å². The lowest BCUT2D eigenvalue weighted by molar-refractivity contribution is -0.723. The highest BCUT2D eigenvalue weighted by Gasteiger charge is 2.21. The maximum atomic E-state index is 10.9. The van der Waals surface area contributed by atoms with Gasteiger partial charge in [0.2, 0.25) is 5.28 Å². The van der Waals surface area contributed by atoms with E-state index in [0.717, 1.165) is 6.42 Å². The molecule has 1 aliphatic heterocycles. The fourth-order valence-electron chi connectivity index (χ4n) is 0.705. The lowest BCUT2D eigenvalue weighted by Gasteiger charge is -2.24. The third kappa shape index (κ3) is 3.14. The van der Waals surface area contributed by atoms with E-state index in [1.165, 1.54) is 11.9 Å². The van der Waals surface area contributed by atoms with Gasteiger partial charge in [0.05, 0.1) is 18.1 Å². The van der Waals surface area contributed by atoms with Crippen molar-refractivity contribution < 1.29 is 19.3 Å². The Labute approximate surface area is 75.0 Å². The minimum Gasteiger partial charge on any atom is -0.569 e. The average Bonchev–Trinajstić information content (AvgIpc) is 1.94. The van der Waals surface area contributed by atoms with Crippen LogP contribution in [-0.4, -0.2) is 35.8 Å². The van der Waals surface area contributed by atoms with Crippen LogP contribution in [0.2, 0.25) is 0 Å². The molecule has 0 saturated carbocycles. The van der Waals surface area contributed by atoms with E-state index < -0.39 is 5.97 Å². The van der Waals surface area contributed by atoms with Crippen molar-refractivity contribution in [3.8, 4) is 0 Å². The molecular weight excluding hydrogens is 178 g/mol. The molecule has 0 bridgehead atoms. The van der Waals surface area contributed by atoms with E-state index in [0.29, 0.717) is 18.1 Å². The second-order valence-electron chi connectivity index (χ2n) is 2.52. The molecule has 1 fully saturated rings. The molecule has 0 aromatic carbocycles. The molecule has 1 rings (SSSR count). The molecule has 7 heteroatoms. The summed E-state index contributed by atoms with van der Waals surface area (Å²) in [6.45, 7) is 2.28. The zero-order valence-electron chi connectivity index (χ0n) is 7.30. The monoisotopic (exact) mass is 189 g/mol. The summed E-state index contributed by atoms with van der Waals surface area (Å²) in [5.41, 5.74) is 0. The van der Waals surface area contributed by atoms with Gasteiger partial charge in [-0.2, -0.15) is 0 Å². The molecule has 0 aromatic heterocycles. The fourth-order valence-corrected chi connectivity index (χ4v) is 0.705. The molecule has 7 nitrogen and oxygen atoms in total. The minimum absolute atomic E-state index is 0.331. The van der Waals surface area contributed by atoms with Crippen molar-refractivity contribution in [2.75, 3.05) is 19.9 Å². The van der Waals surface area contributed by atoms with Gasteiger partial charge in [-0.3, -0.25) is 4.79 Å². The second kappa shape index (κ2) is 4.48. The number of hydrogen-bond donors (Lipinski definition) is 0. The molecule has 1 aliphatic rings. The molecule has 0 spiro atoms. The Morgan fingerprint density at radius 2 is 2.38 bits per heavy atom. The molecule has 1 heterocycles. The van der Waals surface area contributed by atoms with Crippen LogP contribution >= 0.6 is 0 Å². The van der Waals surface area contributed by atoms with E-state index in [4.69, 9.17) is 0 Å². The van der Waals surface area contributed by atoms with Gasteiger partial charge in [-0.05, 0) is 6.42 Å². The molecule has 0 radical (unpaired) electrons. The van der Waals surface area contributed by atoms with Crippen molar-refractivity contribution in [3.63, 3.8) is 0 Å². The average molecular weight is 189 g/mol. The van der Waals surface area contributed by atoms with Crippen molar-refractivity contribution in [1.82, 2.24) is 5.01 Å². The van der Waals surface area contributed by atoms with Gasteiger partial charge in [0.15, 0.2) is 0 Å². The Hall–Kier alpha value is -1.53. The van der Waals surface area contributed by atoms with Crippen molar-refractivity contribution in [2.45, 2.75) is 13.3 Å². The predicted octanol–water partition coefficient (Wildman–Crippen LogP) is 0.0218. The molecule has 0 aromatic rings. The van der Waals surface area contributed by atoms with Gasteiger partial charge >= 0.3 is 5.97 Å². The Balaban J connectivity index is 2.11. The van der Waals surface area contributed by atoms with Crippen molar-refractivity contribution in [3.05, 3.63) is 5.21 Å². The minimum atomic E-state index is -0.475. The summed E-state index contributed by atoms with van der Waals surface area (Å²) in [5.74, 6) is -0.475. The van der Waals surface area contributed by atoms with Gasteiger partial charge in [0, 0.05) is 6.92 Å². The van der Waals surface area contributed by atoms with Crippen LogP contribution in [0, 0.1) is 5.21 Å². The number of ether oxygens (including phenoxy) is 1. The SMILES string of the molecule is CC(=O)OCO/N=[N+](/[O-])N1CCC1. The second-order valence-corrected chi connectivity index (χ2v) is 2.52. The topological polar surface area (TPSA) is 77.2 Å². The van der Waals surface area contributed by atoms with Crippen LogP contribution in [0.25, 0.3) is 0 Å². The molecule has 74 valence electrons. The summed E-state index contributed by atoms with van der Waals surface area (Å²) < 4.78 is 4.38. The van der Waals surface area contributed by atoms with Crippen molar-refractivity contribution >= 4 is 5.97 Å². The van der Waals surface area contributed by atoms with E-state index in [9.17, 15) is 10.0 Å². The van der Waals surface area contributed by atoms with E-state index >= 15 is 0 Å². The highest BCUT2D eigenvalue weighted by atomic mass is 16.8. The van der Waals surface area contributed by atoms with Crippen LogP contribution in [-0.2, 0) is 14.4 Å². The van der Waals surface area contributed by atoms with E-state index in [1.54, 1.807) is 0 Å². The smallest absolute Gasteiger partial charge is 0.305 e. The molecule has 0 aliphatic carbocycles. The van der Waals surface area contributed by atoms with E-state index in [1.807, 2.05) is 0 Å². The first kappa shape index (κ1) is 9.56. The maximum absolute atomic E-state index is 10.9. The number of carbonyl (C=O) groups is 1. The van der Waals surface area contributed by atoms with Crippen LogP contribution in [0.3, 0.4) is 0 Å². The number of hydrogen-bond acceptors (Lipinski definition) is 5.